The average Bonchev–Trinajstić information content (AvgIpc) is 2.72. The van der Waals surface area contributed by atoms with Gasteiger partial charge in [0.2, 0.25) is 0 Å². The molecule has 1 saturated carbocycles. The van der Waals surface area contributed by atoms with E-state index in [2.05, 4.69) is 5.32 Å². The molecule has 0 heterocycles. The summed E-state index contributed by atoms with van der Waals surface area (Å²) in [6.07, 6.45) is 3.56. The Morgan fingerprint density at radius 3 is 2.61 bits per heavy atom. The van der Waals surface area contributed by atoms with E-state index in [0.29, 0.717) is 12.8 Å². The molecule has 1 aromatic carbocycles. The van der Waals surface area contributed by atoms with Crippen molar-refractivity contribution in [3.63, 3.8) is 0 Å². The third-order valence-corrected chi connectivity index (χ3v) is 4.29. The molecule has 1 aliphatic rings. The molecule has 2 atom stereocenters. The summed E-state index contributed by atoms with van der Waals surface area (Å²) < 4.78 is 0. The topological polar surface area (TPSA) is 110 Å². The molecule has 1 fully saturated rings. The van der Waals surface area contributed by atoms with Gasteiger partial charge in [0.05, 0.1) is 10.8 Å². The number of hydrogen-bond acceptors (Lipinski definition) is 4. The summed E-state index contributed by atoms with van der Waals surface area (Å²) in [6, 6.07) is 3.25. The fourth-order valence-corrected chi connectivity index (χ4v) is 3.04. The van der Waals surface area contributed by atoms with Gasteiger partial charge in [0.25, 0.3) is 11.6 Å². The number of rotatable bonds is 4. The Bertz CT molecular complexity index is 634. The number of carbonyl (C=O) groups excluding carboxylic acids is 1. The highest BCUT2D eigenvalue weighted by molar-refractivity contribution is 6.31. The lowest BCUT2D eigenvalue weighted by atomic mass is 9.94. The first-order chi connectivity index (χ1) is 10.9. The van der Waals surface area contributed by atoms with E-state index in [9.17, 15) is 24.8 Å². The number of carboxylic acid groups (broad SMARTS) is 1. The Morgan fingerprint density at radius 2 is 1.96 bits per heavy atom. The van der Waals surface area contributed by atoms with Crippen LogP contribution in [0.1, 0.15) is 42.5 Å². The second kappa shape index (κ2) is 7.41. The molecule has 1 aromatic rings. The maximum atomic E-state index is 12.4. The largest absolute Gasteiger partial charge is 0.481 e. The minimum Gasteiger partial charge on any atom is -0.481 e. The molecule has 0 unspecified atom stereocenters. The Morgan fingerprint density at radius 1 is 1.26 bits per heavy atom. The number of nitro groups is 1. The van der Waals surface area contributed by atoms with E-state index in [-0.39, 0.29) is 10.6 Å². The van der Waals surface area contributed by atoms with E-state index in [1.807, 2.05) is 0 Å². The molecule has 0 saturated heterocycles. The van der Waals surface area contributed by atoms with Crippen molar-refractivity contribution in [1.82, 2.24) is 5.32 Å². The van der Waals surface area contributed by atoms with Gasteiger partial charge in [0, 0.05) is 17.1 Å². The van der Waals surface area contributed by atoms with Gasteiger partial charge < -0.3 is 10.4 Å². The normalized spacial score (nSPS) is 21.3. The maximum Gasteiger partial charge on any atom is 0.308 e. The van der Waals surface area contributed by atoms with Crippen LogP contribution in [0.15, 0.2) is 18.2 Å². The molecule has 0 spiro atoms. The van der Waals surface area contributed by atoms with Crippen LogP contribution in [0.5, 0.6) is 0 Å². The second-order valence-electron chi connectivity index (χ2n) is 5.58. The lowest BCUT2D eigenvalue weighted by molar-refractivity contribution is -0.385. The standard InChI is InChI=1S/C15H17ClN2O5/c16-9-6-7-11(13(8-9)18(22)23)14(19)17-12-5-3-1-2-4-10(12)15(20)21/h6-8,10,12H,1-5H2,(H,17,19)(H,20,21)/t10-,12+/m1/s1. The number of benzene rings is 1. The molecule has 1 aliphatic carbocycles. The summed E-state index contributed by atoms with van der Waals surface area (Å²) in [4.78, 5) is 34.1. The number of carboxylic acids is 1. The highest BCUT2D eigenvalue weighted by Crippen LogP contribution is 2.26. The Kier molecular flexibility index (Phi) is 5.54. The number of nitrogens with one attached hydrogen (secondary N) is 1. The zero-order chi connectivity index (χ0) is 17.0. The number of hydrogen-bond donors (Lipinski definition) is 2. The first-order valence-corrected chi connectivity index (χ1v) is 7.75. The average molecular weight is 341 g/mol. The van der Waals surface area contributed by atoms with Crippen molar-refractivity contribution in [1.29, 1.82) is 0 Å². The SMILES string of the molecule is O=C(N[C@H]1CCCCC[C@H]1C(=O)O)c1ccc(Cl)cc1[N+](=O)[O-]. The molecule has 2 rings (SSSR count). The van der Waals surface area contributed by atoms with Gasteiger partial charge in [0.1, 0.15) is 5.56 Å². The summed E-state index contributed by atoms with van der Waals surface area (Å²) >= 11 is 5.73. The highest BCUT2D eigenvalue weighted by atomic mass is 35.5. The summed E-state index contributed by atoms with van der Waals surface area (Å²) in [6.45, 7) is 0. The van der Waals surface area contributed by atoms with E-state index >= 15 is 0 Å². The van der Waals surface area contributed by atoms with Crippen LogP contribution in [-0.4, -0.2) is 27.9 Å². The van der Waals surface area contributed by atoms with Crippen LogP contribution in [0.3, 0.4) is 0 Å². The fraction of sp³-hybridized carbons (Fsp3) is 0.467. The molecule has 23 heavy (non-hydrogen) atoms. The second-order valence-corrected chi connectivity index (χ2v) is 6.02. The number of aliphatic carboxylic acids is 1. The zero-order valence-corrected chi connectivity index (χ0v) is 13.1. The van der Waals surface area contributed by atoms with Crippen LogP contribution in [-0.2, 0) is 4.79 Å². The van der Waals surface area contributed by atoms with Crippen LogP contribution in [0.4, 0.5) is 5.69 Å². The molecule has 0 aromatic heterocycles. The van der Waals surface area contributed by atoms with Gasteiger partial charge in [-0.1, -0.05) is 30.9 Å². The van der Waals surface area contributed by atoms with E-state index in [0.717, 1.165) is 25.3 Å². The molecule has 124 valence electrons. The smallest absolute Gasteiger partial charge is 0.308 e. The van der Waals surface area contributed by atoms with Gasteiger partial charge in [-0.2, -0.15) is 0 Å². The predicted octanol–water partition coefficient (Wildman–Crippen LogP) is 3.01. The number of nitro benzene ring substituents is 1. The fourth-order valence-electron chi connectivity index (χ4n) is 2.87. The first-order valence-electron chi connectivity index (χ1n) is 7.37. The highest BCUT2D eigenvalue weighted by Gasteiger charge is 2.32. The van der Waals surface area contributed by atoms with Gasteiger partial charge in [-0.3, -0.25) is 19.7 Å². The van der Waals surface area contributed by atoms with Gasteiger partial charge in [-0.15, -0.1) is 0 Å². The van der Waals surface area contributed by atoms with Crippen LogP contribution in [0, 0.1) is 16.0 Å². The van der Waals surface area contributed by atoms with Crippen molar-refractivity contribution in [2.75, 3.05) is 0 Å². The first kappa shape index (κ1) is 17.2. The van der Waals surface area contributed by atoms with Gasteiger partial charge in [-0.25, -0.2) is 0 Å². The molecule has 1 amide bonds. The van der Waals surface area contributed by atoms with E-state index in [4.69, 9.17) is 11.6 Å². The summed E-state index contributed by atoms with van der Waals surface area (Å²) in [5.74, 6) is -2.28. The van der Waals surface area contributed by atoms with Crippen molar-refractivity contribution in [2.24, 2.45) is 5.92 Å². The quantitative estimate of drug-likeness (QED) is 0.497. The molecule has 8 heteroatoms. The summed E-state index contributed by atoms with van der Waals surface area (Å²) in [5, 5.41) is 23.2. The van der Waals surface area contributed by atoms with E-state index in [1.54, 1.807) is 0 Å². The van der Waals surface area contributed by atoms with Crippen LogP contribution in [0.25, 0.3) is 0 Å². The monoisotopic (exact) mass is 340 g/mol. The van der Waals surface area contributed by atoms with E-state index < -0.39 is 34.4 Å². The minimum atomic E-state index is -0.956. The Balaban J connectivity index is 2.23. The third kappa shape index (κ3) is 4.19. The van der Waals surface area contributed by atoms with Crippen molar-refractivity contribution >= 4 is 29.2 Å². The predicted molar refractivity (Wildman–Crippen MR) is 83.6 cm³/mol. The molecule has 7 nitrogen and oxygen atoms in total. The molecule has 0 radical (unpaired) electrons. The van der Waals surface area contributed by atoms with Crippen molar-refractivity contribution in [3.8, 4) is 0 Å². The van der Waals surface area contributed by atoms with Gasteiger partial charge in [-0.05, 0) is 25.0 Å². The van der Waals surface area contributed by atoms with E-state index in [1.165, 1.54) is 12.1 Å². The number of nitrogens with zero attached hydrogens (tertiary/aromatic N) is 1. The summed E-state index contributed by atoms with van der Waals surface area (Å²) in [7, 11) is 0. The van der Waals surface area contributed by atoms with Gasteiger partial charge >= 0.3 is 5.97 Å². The molecular formula is C15H17ClN2O5. The van der Waals surface area contributed by atoms with Crippen LogP contribution >= 0.6 is 11.6 Å². The summed E-state index contributed by atoms with van der Waals surface area (Å²) in [5.41, 5.74) is -0.511. The molecule has 2 N–H and O–H groups in total. The van der Waals surface area contributed by atoms with Crippen molar-refractivity contribution < 1.29 is 19.6 Å². The van der Waals surface area contributed by atoms with Gasteiger partial charge in [0.15, 0.2) is 0 Å². The third-order valence-electron chi connectivity index (χ3n) is 4.05. The molecule has 0 bridgehead atoms. The number of amides is 1. The van der Waals surface area contributed by atoms with Crippen molar-refractivity contribution in [2.45, 2.75) is 38.1 Å². The minimum absolute atomic E-state index is 0.118. The molecular weight excluding hydrogens is 324 g/mol. The Hall–Kier alpha value is -2.15. The van der Waals surface area contributed by atoms with Crippen LogP contribution < -0.4 is 5.32 Å². The number of halogens is 1. The lowest BCUT2D eigenvalue weighted by Crippen LogP contribution is -2.43. The van der Waals surface area contributed by atoms with Crippen LogP contribution in [0.2, 0.25) is 5.02 Å². The number of carbonyl (C=O) groups is 2. The zero-order valence-electron chi connectivity index (χ0n) is 12.3. The lowest BCUT2D eigenvalue weighted by Gasteiger charge is -2.22. The maximum absolute atomic E-state index is 12.4. The van der Waals surface area contributed by atoms with Crippen molar-refractivity contribution in [3.05, 3.63) is 38.9 Å². The Labute approximate surface area is 137 Å². The molecule has 0 aliphatic heterocycles.